The molecule has 0 radical (unpaired) electrons. The van der Waals surface area contributed by atoms with E-state index in [4.69, 9.17) is 5.73 Å². The minimum Gasteiger partial charge on any atom is -0.324 e. The van der Waals surface area contributed by atoms with Crippen molar-refractivity contribution >= 4 is 15.9 Å². The highest BCUT2D eigenvalue weighted by molar-refractivity contribution is 9.10. The number of aryl methyl sites for hydroxylation is 1. The van der Waals surface area contributed by atoms with Gasteiger partial charge in [-0.15, -0.1) is 0 Å². The van der Waals surface area contributed by atoms with Crippen molar-refractivity contribution < 1.29 is 0 Å². The van der Waals surface area contributed by atoms with E-state index in [1.54, 1.807) is 0 Å². The van der Waals surface area contributed by atoms with Crippen molar-refractivity contribution in [3.05, 3.63) is 45.2 Å². The molecule has 0 fully saturated rings. The minimum atomic E-state index is -0.0264. The zero-order chi connectivity index (χ0) is 14.2. The van der Waals surface area contributed by atoms with E-state index in [1.165, 1.54) is 11.3 Å². The lowest BCUT2D eigenvalue weighted by atomic mass is 10.1. The third kappa shape index (κ3) is 2.60. The highest BCUT2D eigenvalue weighted by Gasteiger charge is 2.15. The predicted molar refractivity (Wildman–Crippen MR) is 82.7 cm³/mol. The summed E-state index contributed by atoms with van der Waals surface area (Å²) in [5.41, 5.74) is 11.9. The van der Waals surface area contributed by atoms with Crippen LogP contribution < -0.4 is 5.73 Å². The second-order valence-corrected chi connectivity index (χ2v) is 5.82. The number of hydrogen-bond acceptors (Lipinski definition) is 2. The number of nitrogens with two attached hydrogens (primary N) is 1. The van der Waals surface area contributed by atoms with Crippen LogP contribution in [0.5, 0.6) is 0 Å². The van der Waals surface area contributed by atoms with Crippen LogP contribution in [0.2, 0.25) is 0 Å². The first-order valence-electron chi connectivity index (χ1n) is 6.56. The maximum Gasteiger partial charge on any atom is 0.0697 e. The summed E-state index contributed by atoms with van der Waals surface area (Å²) in [4.78, 5) is 0. The van der Waals surface area contributed by atoms with E-state index >= 15 is 0 Å². The van der Waals surface area contributed by atoms with E-state index in [1.807, 2.05) is 17.7 Å². The van der Waals surface area contributed by atoms with Crippen LogP contribution in [0.4, 0.5) is 0 Å². The van der Waals surface area contributed by atoms with Crippen molar-refractivity contribution in [3.8, 4) is 5.69 Å². The third-order valence-corrected chi connectivity index (χ3v) is 4.00. The topological polar surface area (TPSA) is 43.8 Å². The molecule has 1 aromatic heterocycles. The van der Waals surface area contributed by atoms with Crippen molar-refractivity contribution in [1.29, 1.82) is 0 Å². The van der Waals surface area contributed by atoms with Crippen molar-refractivity contribution in [1.82, 2.24) is 9.78 Å². The Kier molecular flexibility index (Phi) is 4.11. The summed E-state index contributed by atoms with van der Waals surface area (Å²) in [5.74, 6) is 0. The minimum absolute atomic E-state index is 0.0264. The number of rotatable bonds is 3. The number of aromatic nitrogens is 2. The fourth-order valence-electron chi connectivity index (χ4n) is 2.50. The van der Waals surface area contributed by atoms with Crippen LogP contribution in [-0.4, -0.2) is 9.78 Å². The Morgan fingerprint density at radius 2 is 2.05 bits per heavy atom. The number of halogens is 1. The lowest BCUT2D eigenvalue weighted by Crippen LogP contribution is -2.11. The van der Waals surface area contributed by atoms with Gasteiger partial charge >= 0.3 is 0 Å². The first-order chi connectivity index (χ1) is 8.95. The Morgan fingerprint density at radius 1 is 1.37 bits per heavy atom. The molecule has 2 N–H and O–H groups in total. The number of nitrogens with zero attached hydrogens (tertiary/aromatic N) is 2. The zero-order valence-corrected chi connectivity index (χ0v) is 13.5. The average molecular weight is 322 g/mol. The molecule has 2 aromatic rings. The summed E-state index contributed by atoms with van der Waals surface area (Å²) < 4.78 is 3.06. The second-order valence-electron chi connectivity index (χ2n) is 4.91. The molecule has 0 aliphatic carbocycles. The van der Waals surface area contributed by atoms with Crippen molar-refractivity contribution in [2.24, 2.45) is 5.73 Å². The lowest BCUT2D eigenvalue weighted by molar-refractivity contribution is 0.765. The van der Waals surface area contributed by atoms with E-state index in [0.29, 0.717) is 0 Å². The first-order valence-corrected chi connectivity index (χ1v) is 7.35. The van der Waals surface area contributed by atoms with Crippen molar-refractivity contribution in [2.45, 2.75) is 40.2 Å². The molecule has 1 heterocycles. The molecule has 102 valence electrons. The molecular weight excluding hydrogens is 302 g/mol. The Bertz CT molecular complexity index is 600. The lowest BCUT2D eigenvalue weighted by Gasteiger charge is -2.15. The molecule has 19 heavy (non-hydrogen) atoms. The van der Waals surface area contributed by atoms with Crippen LogP contribution >= 0.6 is 15.9 Å². The molecular formula is C15H20BrN3. The van der Waals surface area contributed by atoms with Gasteiger partial charge in [0.25, 0.3) is 0 Å². The highest BCUT2D eigenvalue weighted by Crippen LogP contribution is 2.27. The van der Waals surface area contributed by atoms with Gasteiger partial charge in [0.2, 0.25) is 0 Å². The van der Waals surface area contributed by atoms with Crippen LogP contribution in [-0.2, 0) is 6.42 Å². The van der Waals surface area contributed by atoms with Gasteiger partial charge in [0.15, 0.2) is 0 Å². The summed E-state index contributed by atoms with van der Waals surface area (Å²) >= 11 is 3.50. The van der Waals surface area contributed by atoms with Gasteiger partial charge in [0, 0.05) is 16.2 Å². The van der Waals surface area contributed by atoms with Crippen LogP contribution in [0.3, 0.4) is 0 Å². The SMILES string of the molecule is CCc1c(C)nn(-c2ccc(Br)cc2C(C)N)c1C. The molecule has 0 spiro atoms. The normalized spacial score (nSPS) is 12.7. The van der Waals surface area contributed by atoms with Crippen LogP contribution in [0.25, 0.3) is 5.69 Å². The third-order valence-electron chi connectivity index (χ3n) is 3.50. The van der Waals surface area contributed by atoms with Gasteiger partial charge in [-0.2, -0.15) is 5.10 Å². The van der Waals surface area contributed by atoms with E-state index in [0.717, 1.165) is 27.8 Å². The molecule has 0 bridgehead atoms. The van der Waals surface area contributed by atoms with Crippen LogP contribution in [0, 0.1) is 13.8 Å². The maximum atomic E-state index is 6.09. The van der Waals surface area contributed by atoms with E-state index in [-0.39, 0.29) is 6.04 Å². The number of hydrogen-bond donors (Lipinski definition) is 1. The fraction of sp³-hybridized carbons (Fsp3) is 0.400. The molecule has 0 aliphatic heterocycles. The summed E-state index contributed by atoms with van der Waals surface area (Å²) in [7, 11) is 0. The summed E-state index contributed by atoms with van der Waals surface area (Å²) in [6, 6.07) is 6.15. The fourth-order valence-corrected chi connectivity index (χ4v) is 2.88. The summed E-state index contributed by atoms with van der Waals surface area (Å²) in [6.07, 6.45) is 1.00. The first kappa shape index (κ1) is 14.3. The monoisotopic (exact) mass is 321 g/mol. The Morgan fingerprint density at radius 3 is 2.58 bits per heavy atom. The quantitative estimate of drug-likeness (QED) is 0.933. The van der Waals surface area contributed by atoms with Crippen LogP contribution in [0.1, 0.15) is 42.4 Å². The van der Waals surface area contributed by atoms with Gasteiger partial charge < -0.3 is 5.73 Å². The Hall–Kier alpha value is -1.13. The second kappa shape index (κ2) is 5.47. The maximum absolute atomic E-state index is 6.09. The molecule has 2 rings (SSSR count). The van der Waals surface area contributed by atoms with E-state index in [9.17, 15) is 0 Å². The summed E-state index contributed by atoms with van der Waals surface area (Å²) in [5, 5.41) is 4.67. The Balaban J connectivity index is 2.65. The molecule has 0 saturated heterocycles. The van der Waals surface area contributed by atoms with Gasteiger partial charge in [-0.25, -0.2) is 4.68 Å². The molecule has 0 aliphatic rings. The van der Waals surface area contributed by atoms with E-state index in [2.05, 4.69) is 53.9 Å². The smallest absolute Gasteiger partial charge is 0.0697 e. The highest BCUT2D eigenvalue weighted by atomic mass is 79.9. The molecule has 1 atom stereocenters. The standard InChI is InChI=1S/C15H20BrN3/c1-5-13-10(3)18-19(11(13)4)15-7-6-12(16)8-14(15)9(2)17/h6-9H,5,17H2,1-4H3. The zero-order valence-electron chi connectivity index (χ0n) is 11.9. The molecule has 0 saturated carbocycles. The largest absolute Gasteiger partial charge is 0.324 e. The van der Waals surface area contributed by atoms with Gasteiger partial charge in [0.05, 0.1) is 11.4 Å². The van der Waals surface area contributed by atoms with Crippen LogP contribution in [0.15, 0.2) is 22.7 Å². The molecule has 1 unspecified atom stereocenters. The summed E-state index contributed by atoms with van der Waals surface area (Å²) in [6.45, 7) is 8.34. The molecule has 1 aromatic carbocycles. The van der Waals surface area contributed by atoms with Gasteiger partial charge in [0.1, 0.15) is 0 Å². The average Bonchev–Trinajstić information content (AvgIpc) is 2.64. The van der Waals surface area contributed by atoms with Crippen molar-refractivity contribution in [2.75, 3.05) is 0 Å². The molecule has 4 heteroatoms. The van der Waals surface area contributed by atoms with Gasteiger partial charge in [-0.3, -0.25) is 0 Å². The molecule has 3 nitrogen and oxygen atoms in total. The van der Waals surface area contributed by atoms with Gasteiger partial charge in [-0.05, 0) is 56.5 Å². The molecule has 0 amide bonds. The number of benzene rings is 1. The predicted octanol–water partition coefficient (Wildman–Crippen LogP) is 3.83. The Labute approximate surface area is 122 Å². The van der Waals surface area contributed by atoms with E-state index < -0.39 is 0 Å². The van der Waals surface area contributed by atoms with Gasteiger partial charge in [-0.1, -0.05) is 22.9 Å². The van der Waals surface area contributed by atoms with Crippen molar-refractivity contribution in [3.63, 3.8) is 0 Å².